The van der Waals surface area contributed by atoms with E-state index in [0.717, 1.165) is 18.2 Å². The van der Waals surface area contributed by atoms with Crippen molar-refractivity contribution in [1.29, 1.82) is 0 Å². The van der Waals surface area contributed by atoms with E-state index in [1.165, 1.54) is 12.1 Å². The number of rotatable bonds is 7. The average Bonchev–Trinajstić information content (AvgIpc) is 2.86. The number of methoxy groups -OCH3 is 2. The molecule has 0 atom stereocenters. The fraction of sp³-hybridized carbons (Fsp3) is 0.125. The topological polar surface area (TPSA) is 100 Å². The van der Waals surface area contributed by atoms with Gasteiger partial charge in [0.2, 0.25) is 0 Å². The number of nitrogens with one attached hydrogen (secondary N) is 1. The first-order chi connectivity index (χ1) is 16.8. The summed E-state index contributed by atoms with van der Waals surface area (Å²) >= 11 is 17.3. The molecule has 0 saturated heterocycles. The van der Waals surface area contributed by atoms with Gasteiger partial charge in [-0.15, -0.1) is 0 Å². The van der Waals surface area contributed by atoms with Crippen LogP contribution in [0.1, 0.15) is 11.1 Å². The van der Waals surface area contributed by atoms with Crippen LogP contribution in [0.5, 0.6) is 17.2 Å². The van der Waals surface area contributed by atoms with Gasteiger partial charge >= 0.3 is 7.12 Å². The normalized spacial score (nSPS) is 10.3. The Morgan fingerprint density at radius 2 is 1.40 bits per heavy atom. The van der Waals surface area contributed by atoms with Crippen LogP contribution in [0.4, 0.5) is 5.69 Å². The fourth-order valence-corrected chi connectivity index (χ4v) is 3.60. The number of hydrogen-bond donors (Lipinski definition) is 4. The number of anilines is 1. The molecule has 3 aromatic rings. The second-order valence-electron chi connectivity index (χ2n) is 6.79. The van der Waals surface area contributed by atoms with Crippen molar-refractivity contribution in [3.05, 3.63) is 75.8 Å². The number of aliphatic hydroxyl groups is 1. The van der Waals surface area contributed by atoms with E-state index in [1.807, 2.05) is 42.5 Å². The Hall–Kier alpha value is -2.79. The van der Waals surface area contributed by atoms with Crippen molar-refractivity contribution in [3.63, 3.8) is 0 Å². The quantitative estimate of drug-likeness (QED) is 0.202. The highest BCUT2D eigenvalue weighted by Crippen LogP contribution is 2.26. The summed E-state index contributed by atoms with van der Waals surface area (Å²) in [6.45, 7) is 0. The molecule has 0 amide bonds. The first-order valence-electron chi connectivity index (χ1n) is 10.1. The highest BCUT2D eigenvalue weighted by atomic mass is 35.5. The van der Waals surface area contributed by atoms with Crippen LogP contribution in [0.2, 0.25) is 10.0 Å². The molecule has 0 radical (unpaired) electrons. The molecule has 4 N–H and O–H groups in total. The minimum atomic E-state index is -1.75. The van der Waals surface area contributed by atoms with Crippen molar-refractivity contribution in [2.45, 2.75) is 0 Å². The third-order valence-electron chi connectivity index (χ3n) is 4.53. The molecule has 3 aromatic carbocycles. The van der Waals surface area contributed by atoms with E-state index in [2.05, 4.69) is 5.32 Å². The summed E-state index contributed by atoms with van der Waals surface area (Å²) in [6, 6.07) is 15.7. The lowest BCUT2D eigenvalue weighted by Crippen LogP contribution is -2.31. The van der Waals surface area contributed by atoms with Gasteiger partial charge in [0.25, 0.3) is 5.17 Å². The summed E-state index contributed by atoms with van der Waals surface area (Å²) in [6.07, 6.45) is 3.90. The SMILES string of the molecule is CO.COc1cc(/C=C/c2ccc(OC(=S)Nc3cc(B(O)O)c(Cl)cc3Cl)cc2)cc(OC)c1. The number of ether oxygens (including phenoxy) is 3. The van der Waals surface area contributed by atoms with Crippen LogP contribution in [0.15, 0.2) is 54.6 Å². The van der Waals surface area contributed by atoms with Gasteiger partial charge in [0.05, 0.1) is 24.9 Å². The van der Waals surface area contributed by atoms with Crippen LogP contribution >= 0.6 is 35.4 Å². The van der Waals surface area contributed by atoms with E-state index in [4.69, 9.17) is 54.7 Å². The molecule has 0 aliphatic heterocycles. The molecule has 11 heteroatoms. The molecule has 0 aliphatic rings. The van der Waals surface area contributed by atoms with Crippen LogP contribution in [0.3, 0.4) is 0 Å². The molecule has 0 bridgehead atoms. The third-order valence-corrected chi connectivity index (χ3v) is 5.36. The molecule has 0 spiro atoms. The molecule has 0 aliphatic carbocycles. The van der Waals surface area contributed by atoms with Crippen molar-refractivity contribution in [1.82, 2.24) is 0 Å². The van der Waals surface area contributed by atoms with Crippen molar-refractivity contribution in [2.75, 3.05) is 26.6 Å². The maximum Gasteiger partial charge on any atom is 0.490 e. The zero-order valence-corrected chi connectivity index (χ0v) is 21.5. The highest BCUT2D eigenvalue weighted by Gasteiger charge is 2.18. The maximum atomic E-state index is 9.40. The molecular formula is C24H24BCl2NO6S. The lowest BCUT2D eigenvalue weighted by Gasteiger charge is -2.13. The molecule has 3 rings (SSSR count). The van der Waals surface area contributed by atoms with E-state index in [9.17, 15) is 10.0 Å². The molecule has 184 valence electrons. The predicted octanol–water partition coefficient (Wildman–Crippen LogP) is 4.25. The van der Waals surface area contributed by atoms with Crippen LogP contribution < -0.4 is 25.0 Å². The average molecular weight is 536 g/mol. The minimum Gasteiger partial charge on any atom is -0.497 e. The number of thiocarbonyl (C=S) groups is 1. The lowest BCUT2D eigenvalue weighted by atomic mass is 9.80. The molecule has 0 saturated carbocycles. The standard InChI is InChI=1S/C23H20BCl2NO5S.CH4O/c1-30-17-9-15(10-18(11-17)31-2)4-3-14-5-7-16(8-6-14)32-23(33)27-22-12-19(24(28)29)20(25)13-21(22)26;1-2/h3-13,28-29H,1-2H3,(H,27,33);2H,1H3/b4-3+;. The van der Waals surface area contributed by atoms with Gasteiger partial charge in [0.1, 0.15) is 17.2 Å². The molecule has 0 unspecified atom stereocenters. The predicted molar refractivity (Wildman–Crippen MR) is 146 cm³/mol. The fourth-order valence-electron chi connectivity index (χ4n) is 2.87. The van der Waals surface area contributed by atoms with Crippen molar-refractivity contribution < 1.29 is 29.4 Å². The summed E-state index contributed by atoms with van der Waals surface area (Å²) < 4.78 is 16.2. The highest BCUT2D eigenvalue weighted by molar-refractivity contribution is 7.80. The zero-order chi connectivity index (χ0) is 26.0. The summed E-state index contributed by atoms with van der Waals surface area (Å²) in [7, 11) is 2.47. The molecule has 7 nitrogen and oxygen atoms in total. The second kappa shape index (κ2) is 13.9. The summed E-state index contributed by atoms with van der Waals surface area (Å²) in [5, 5.41) is 29.0. The van der Waals surface area contributed by atoms with Gasteiger partial charge in [0, 0.05) is 23.7 Å². The van der Waals surface area contributed by atoms with E-state index >= 15 is 0 Å². The van der Waals surface area contributed by atoms with Gasteiger partial charge in [-0.1, -0.05) is 47.5 Å². The van der Waals surface area contributed by atoms with Crippen LogP contribution in [-0.2, 0) is 0 Å². The molecule has 0 aromatic heterocycles. The van der Waals surface area contributed by atoms with Crippen molar-refractivity contribution in [3.8, 4) is 17.2 Å². The van der Waals surface area contributed by atoms with Crippen LogP contribution in [0.25, 0.3) is 12.2 Å². The van der Waals surface area contributed by atoms with Crippen molar-refractivity contribution >= 4 is 71.0 Å². The van der Waals surface area contributed by atoms with Gasteiger partial charge in [-0.2, -0.15) is 0 Å². The summed E-state index contributed by atoms with van der Waals surface area (Å²) in [5.41, 5.74) is 2.31. The lowest BCUT2D eigenvalue weighted by molar-refractivity contribution is 0.394. The van der Waals surface area contributed by atoms with Crippen LogP contribution in [-0.4, -0.2) is 48.8 Å². The van der Waals surface area contributed by atoms with Gasteiger partial charge in [0.15, 0.2) is 0 Å². The number of aliphatic hydroxyl groups excluding tert-OH is 1. The van der Waals surface area contributed by atoms with Crippen LogP contribution in [0, 0.1) is 0 Å². The Morgan fingerprint density at radius 3 is 1.94 bits per heavy atom. The number of hydrogen-bond acceptors (Lipinski definition) is 7. The Bertz CT molecular complexity index is 1150. The minimum absolute atomic E-state index is 0.0318. The molecule has 35 heavy (non-hydrogen) atoms. The number of halogens is 2. The maximum absolute atomic E-state index is 9.40. The van der Waals surface area contributed by atoms with Crippen molar-refractivity contribution in [2.24, 2.45) is 0 Å². The van der Waals surface area contributed by atoms with E-state index in [1.54, 1.807) is 26.4 Å². The molecule has 0 fully saturated rings. The monoisotopic (exact) mass is 535 g/mol. The molecule has 0 heterocycles. The Labute approximate surface area is 219 Å². The van der Waals surface area contributed by atoms with E-state index in [0.29, 0.717) is 22.9 Å². The number of benzene rings is 3. The van der Waals surface area contributed by atoms with E-state index < -0.39 is 7.12 Å². The summed E-state index contributed by atoms with van der Waals surface area (Å²) in [4.78, 5) is 0. The van der Waals surface area contributed by atoms with Gasteiger partial charge in [-0.05, 0) is 59.7 Å². The van der Waals surface area contributed by atoms with Gasteiger partial charge in [-0.25, -0.2) is 0 Å². The summed E-state index contributed by atoms with van der Waals surface area (Å²) in [5.74, 6) is 1.93. The second-order valence-corrected chi connectivity index (χ2v) is 7.98. The zero-order valence-electron chi connectivity index (χ0n) is 19.2. The Balaban J connectivity index is 0.00000210. The Morgan fingerprint density at radius 1 is 0.829 bits per heavy atom. The van der Waals surface area contributed by atoms with Gasteiger partial charge < -0.3 is 34.7 Å². The van der Waals surface area contributed by atoms with Gasteiger partial charge in [-0.3, -0.25) is 0 Å². The van der Waals surface area contributed by atoms with E-state index in [-0.39, 0.29) is 20.7 Å². The molecular weight excluding hydrogens is 512 g/mol. The Kier molecular flexibility index (Phi) is 11.3. The first kappa shape index (κ1) is 28.5. The largest absolute Gasteiger partial charge is 0.497 e. The first-order valence-corrected chi connectivity index (χ1v) is 11.3. The smallest absolute Gasteiger partial charge is 0.490 e. The third kappa shape index (κ3) is 8.43.